The van der Waals surface area contributed by atoms with Gasteiger partial charge in [-0.1, -0.05) is 16.9 Å². The van der Waals surface area contributed by atoms with E-state index >= 15 is 0 Å². The van der Waals surface area contributed by atoms with Gasteiger partial charge in [0, 0.05) is 30.1 Å². The molecular weight excluding hydrogens is 384 g/mol. The lowest BCUT2D eigenvalue weighted by atomic mass is 10.3. The number of carbonyl (C=O) groups excluding carboxylic acids is 1. The van der Waals surface area contributed by atoms with Crippen LogP contribution in [-0.2, 0) is 11.3 Å². The van der Waals surface area contributed by atoms with Crippen LogP contribution in [0.2, 0.25) is 0 Å². The number of nitrogens with zero attached hydrogens (tertiary/aromatic N) is 5. The highest BCUT2D eigenvalue weighted by Crippen LogP contribution is 2.23. The van der Waals surface area contributed by atoms with Gasteiger partial charge in [-0.2, -0.15) is 4.98 Å². The van der Waals surface area contributed by atoms with Crippen molar-refractivity contribution >= 4 is 17.7 Å². The Labute approximate surface area is 162 Å². The summed E-state index contributed by atoms with van der Waals surface area (Å²) < 4.78 is 15.8. The third-order valence-corrected chi connectivity index (χ3v) is 4.35. The van der Waals surface area contributed by atoms with E-state index in [4.69, 9.17) is 13.4 Å². The lowest BCUT2D eigenvalue weighted by Gasteiger charge is -2.00. The van der Waals surface area contributed by atoms with Crippen molar-refractivity contribution in [2.45, 2.75) is 18.2 Å². The fraction of sp³-hybridized carbons (Fsp3) is 0.176. The molecule has 0 aromatic carbocycles. The maximum Gasteiger partial charge on any atom is 0.293 e. The van der Waals surface area contributed by atoms with Crippen LogP contribution in [0, 0.1) is 0 Å². The summed E-state index contributed by atoms with van der Waals surface area (Å²) in [7, 11) is 0. The largest absolute Gasteiger partial charge is 0.459 e. The van der Waals surface area contributed by atoms with Crippen LogP contribution in [0.25, 0.3) is 23.1 Å². The molecule has 0 radical (unpaired) electrons. The van der Waals surface area contributed by atoms with Gasteiger partial charge >= 0.3 is 0 Å². The number of hydrogen-bond acceptors (Lipinski definition) is 10. The van der Waals surface area contributed by atoms with Crippen LogP contribution in [0.15, 0.2) is 61.5 Å². The summed E-state index contributed by atoms with van der Waals surface area (Å²) in [6.45, 7) is 0.167. The third-order valence-electron chi connectivity index (χ3n) is 3.53. The lowest BCUT2D eigenvalue weighted by Crippen LogP contribution is -2.23. The van der Waals surface area contributed by atoms with Crippen molar-refractivity contribution in [1.29, 1.82) is 0 Å². The van der Waals surface area contributed by atoms with Gasteiger partial charge in [-0.05, 0) is 24.3 Å². The van der Waals surface area contributed by atoms with Gasteiger partial charge in [0.15, 0.2) is 11.6 Å². The summed E-state index contributed by atoms with van der Waals surface area (Å²) in [5.41, 5.74) is 0.793. The fourth-order valence-electron chi connectivity index (χ4n) is 2.20. The minimum absolute atomic E-state index is 0.147. The zero-order valence-corrected chi connectivity index (χ0v) is 15.3. The SMILES string of the molecule is O=C(CCSc1nnc(-c2ccncc2)o1)NCc1noc(-c2ccco2)n1. The Hall–Kier alpha value is -3.47. The van der Waals surface area contributed by atoms with Crippen LogP contribution in [0.5, 0.6) is 0 Å². The highest BCUT2D eigenvalue weighted by atomic mass is 32.2. The minimum atomic E-state index is -0.147. The molecule has 4 aromatic heterocycles. The van der Waals surface area contributed by atoms with Crippen LogP contribution >= 0.6 is 11.8 Å². The molecule has 0 atom stereocenters. The number of hydrogen-bond donors (Lipinski definition) is 1. The maximum atomic E-state index is 12.0. The predicted molar refractivity (Wildman–Crippen MR) is 96.7 cm³/mol. The highest BCUT2D eigenvalue weighted by Gasteiger charge is 2.13. The standard InChI is InChI=1S/C17H14N6O4S/c24-14(19-10-13-20-16(27-23-13)12-2-1-8-25-12)5-9-28-17-22-21-15(26-17)11-3-6-18-7-4-11/h1-4,6-8H,5,9-10H2,(H,19,24). The van der Waals surface area contributed by atoms with Gasteiger partial charge in [-0.25, -0.2) is 0 Å². The second kappa shape index (κ2) is 8.48. The molecule has 4 aromatic rings. The van der Waals surface area contributed by atoms with E-state index in [9.17, 15) is 4.79 Å². The summed E-state index contributed by atoms with van der Waals surface area (Å²) >= 11 is 1.31. The third kappa shape index (κ3) is 4.43. The molecule has 0 unspecified atom stereocenters. The second-order valence-corrected chi connectivity index (χ2v) is 6.52. The number of pyridine rings is 1. The molecule has 0 aliphatic rings. The van der Waals surface area contributed by atoms with Gasteiger partial charge in [0.05, 0.1) is 12.8 Å². The molecule has 0 bridgehead atoms. The molecule has 1 N–H and O–H groups in total. The smallest absolute Gasteiger partial charge is 0.293 e. The topological polar surface area (TPSA) is 133 Å². The Kier molecular flexibility index (Phi) is 5.43. The molecule has 28 heavy (non-hydrogen) atoms. The molecule has 1 amide bonds. The summed E-state index contributed by atoms with van der Waals surface area (Å²) in [6, 6.07) is 7.00. The van der Waals surface area contributed by atoms with Crippen LogP contribution in [-0.4, -0.2) is 37.0 Å². The Morgan fingerprint density at radius 3 is 2.86 bits per heavy atom. The first kappa shape index (κ1) is 17.9. The van der Waals surface area contributed by atoms with E-state index in [0.29, 0.717) is 28.5 Å². The van der Waals surface area contributed by atoms with Crippen molar-refractivity contribution in [3.63, 3.8) is 0 Å². The molecule has 0 spiro atoms. The van der Waals surface area contributed by atoms with E-state index in [1.165, 1.54) is 18.0 Å². The van der Waals surface area contributed by atoms with Gasteiger partial charge in [0.2, 0.25) is 11.8 Å². The molecule has 10 nitrogen and oxygen atoms in total. The number of nitrogens with one attached hydrogen (secondary N) is 1. The average Bonchev–Trinajstić information content (AvgIpc) is 3.48. The van der Waals surface area contributed by atoms with Gasteiger partial charge in [0.1, 0.15) is 0 Å². The molecule has 142 valence electrons. The molecule has 4 heterocycles. The van der Waals surface area contributed by atoms with Crippen molar-refractivity contribution in [3.8, 4) is 23.1 Å². The summed E-state index contributed by atoms with van der Waals surface area (Å²) in [5.74, 6) is 1.88. The molecule has 11 heteroatoms. The number of aromatic nitrogens is 5. The van der Waals surface area contributed by atoms with Gasteiger partial charge < -0.3 is 18.7 Å². The van der Waals surface area contributed by atoms with Crippen molar-refractivity contribution in [3.05, 3.63) is 48.7 Å². The highest BCUT2D eigenvalue weighted by molar-refractivity contribution is 7.99. The molecule has 0 aliphatic heterocycles. The van der Waals surface area contributed by atoms with Crippen LogP contribution in [0.3, 0.4) is 0 Å². The van der Waals surface area contributed by atoms with E-state index in [-0.39, 0.29) is 24.8 Å². The molecule has 0 saturated heterocycles. The van der Waals surface area contributed by atoms with Gasteiger partial charge in [-0.3, -0.25) is 9.78 Å². The number of furan rings is 1. The molecule has 0 fully saturated rings. The van der Waals surface area contributed by atoms with Crippen LogP contribution < -0.4 is 5.32 Å². The summed E-state index contributed by atoms with van der Waals surface area (Å²) in [4.78, 5) is 20.1. The van der Waals surface area contributed by atoms with Crippen molar-refractivity contribution in [1.82, 2.24) is 30.6 Å². The fourth-order valence-corrected chi connectivity index (χ4v) is 2.90. The zero-order chi connectivity index (χ0) is 19.2. The van der Waals surface area contributed by atoms with Crippen molar-refractivity contribution < 1.29 is 18.2 Å². The number of carbonyl (C=O) groups is 1. The number of amides is 1. The molecule has 0 saturated carbocycles. The van der Waals surface area contributed by atoms with Crippen LogP contribution in [0.1, 0.15) is 12.2 Å². The average molecular weight is 398 g/mol. The van der Waals surface area contributed by atoms with E-state index in [1.54, 1.807) is 36.7 Å². The van der Waals surface area contributed by atoms with Crippen molar-refractivity contribution in [2.24, 2.45) is 0 Å². The molecule has 4 rings (SSSR count). The number of rotatable bonds is 8. The first-order chi connectivity index (χ1) is 13.8. The minimum Gasteiger partial charge on any atom is -0.459 e. The van der Waals surface area contributed by atoms with E-state index in [0.717, 1.165) is 5.56 Å². The maximum absolute atomic E-state index is 12.0. The predicted octanol–water partition coefficient (Wildman–Crippen LogP) is 2.57. The summed E-state index contributed by atoms with van der Waals surface area (Å²) in [6.07, 6.45) is 5.10. The van der Waals surface area contributed by atoms with Gasteiger partial charge in [-0.15, -0.1) is 10.2 Å². The second-order valence-electron chi connectivity index (χ2n) is 5.48. The van der Waals surface area contributed by atoms with Crippen LogP contribution in [0.4, 0.5) is 0 Å². The molecule has 0 aliphatic carbocycles. The first-order valence-electron chi connectivity index (χ1n) is 8.28. The van der Waals surface area contributed by atoms with Crippen molar-refractivity contribution in [2.75, 3.05) is 5.75 Å². The lowest BCUT2D eigenvalue weighted by molar-refractivity contribution is -0.120. The quantitative estimate of drug-likeness (QED) is 0.441. The summed E-state index contributed by atoms with van der Waals surface area (Å²) in [5, 5.41) is 14.9. The van der Waals surface area contributed by atoms with E-state index in [1.807, 2.05) is 0 Å². The normalized spacial score (nSPS) is 10.9. The van der Waals surface area contributed by atoms with Gasteiger partial charge in [0.25, 0.3) is 11.1 Å². The number of thioether (sulfide) groups is 1. The Morgan fingerprint density at radius 2 is 2.04 bits per heavy atom. The Morgan fingerprint density at radius 1 is 1.14 bits per heavy atom. The Bertz CT molecular complexity index is 1030. The van der Waals surface area contributed by atoms with E-state index in [2.05, 4.69) is 30.6 Å². The first-order valence-corrected chi connectivity index (χ1v) is 9.26. The monoisotopic (exact) mass is 398 g/mol. The molecular formula is C17H14N6O4S. The Balaban J connectivity index is 1.21. The van der Waals surface area contributed by atoms with E-state index < -0.39 is 0 Å². The zero-order valence-electron chi connectivity index (χ0n) is 14.4.